The SMILES string of the molecule is CCNS(=O)(=O)c1ccc(C(=O)N2CCC(C(=O)O)C2)cc1. The van der Waals surface area contributed by atoms with E-state index in [2.05, 4.69) is 4.72 Å². The van der Waals surface area contributed by atoms with Crippen molar-refractivity contribution in [2.45, 2.75) is 18.2 Å². The van der Waals surface area contributed by atoms with Gasteiger partial charge in [0.15, 0.2) is 0 Å². The number of amides is 1. The molecular formula is C14H18N2O5S. The molecule has 1 fully saturated rings. The monoisotopic (exact) mass is 326 g/mol. The van der Waals surface area contributed by atoms with Crippen LogP contribution in [-0.2, 0) is 14.8 Å². The molecule has 2 rings (SSSR count). The molecule has 120 valence electrons. The molecular weight excluding hydrogens is 308 g/mol. The molecule has 22 heavy (non-hydrogen) atoms. The minimum Gasteiger partial charge on any atom is -0.481 e. The van der Waals surface area contributed by atoms with Crippen LogP contribution in [0.15, 0.2) is 29.2 Å². The number of aliphatic carboxylic acids is 1. The highest BCUT2D eigenvalue weighted by molar-refractivity contribution is 7.89. The number of hydrogen-bond donors (Lipinski definition) is 2. The summed E-state index contributed by atoms with van der Waals surface area (Å²) in [5.74, 6) is -1.71. The Balaban J connectivity index is 2.11. The first-order chi connectivity index (χ1) is 10.3. The van der Waals surface area contributed by atoms with E-state index in [1.54, 1.807) is 6.92 Å². The minimum absolute atomic E-state index is 0.0933. The van der Waals surface area contributed by atoms with E-state index in [1.807, 2.05) is 0 Å². The van der Waals surface area contributed by atoms with E-state index in [-0.39, 0.29) is 23.9 Å². The van der Waals surface area contributed by atoms with Crippen molar-refractivity contribution < 1.29 is 23.1 Å². The third-order valence-corrected chi connectivity index (χ3v) is 5.13. The first-order valence-electron chi connectivity index (χ1n) is 6.97. The fraction of sp³-hybridized carbons (Fsp3) is 0.429. The van der Waals surface area contributed by atoms with Crippen molar-refractivity contribution in [2.75, 3.05) is 19.6 Å². The van der Waals surface area contributed by atoms with Crippen LogP contribution < -0.4 is 4.72 Å². The molecule has 1 aromatic rings. The lowest BCUT2D eigenvalue weighted by Crippen LogP contribution is -2.30. The number of sulfonamides is 1. The Morgan fingerprint density at radius 2 is 1.95 bits per heavy atom. The van der Waals surface area contributed by atoms with Gasteiger partial charge in [-0.2, -0.15) is 0 Å². The molecule has 0 saturated carbocycles. The molecule has 1 amide bonds. The zero-order valence-electron chi connectivity index (χ0n) is 12.2. The number of benzene rings is 1. The maximum Gasteiger partial charge on any atom is 0.308 e. The summed E-state index contributed by atoms with van der Waals surface area (Å²) in [5, 5.41) is 8.95. The second kappa shape index (κ2) is 6.45. The smallest absolute Gasteiger partial charge is 0.308 e. The molecule has 1 aromatic carbocycles. The molecule has 1 aliphatic heterocycles. The van der Waals surface area contributed by atoms with Crippen LogP contribution in [0.5, 0.6) is 0 Å². The highest BCUT2D eigenvalue weighted by Crippen LogP contribution is 2.19. The number of nitrogens with zero attached hydrogens (tertiary/aromatic N) is 1. The molecule has 2 N–H and O–H groups in total. The van der Waals surface area contributed by atoms with Gasteiger partial charge in [0.25, 0.3) is 5.91 Å². The van der Waals surface area contributed by atoms with Gasteiger partial charge in [0.05, 0.1) is 10.8 Å². The minimum atomic E-state index is -3.54. The highest BCUT2D eigenvalue weighted by atomic mass is 32.2. The van der Waals surface area contributed by atoms with Crippen LogP contribution in [0, 0.1) is 5.92 Å². The van der Waals surface area contributed by atoms with Crippen LogP contribution in [0.4, 0.5) is 0 Å². The van der Waals surface area contributed by atoms with Crippen LogP contribution in [0.25, 0.3) is 0 Å². The van der Waals surface area contributed by atoms with Crippen LogP contribution in [0.3, 0.4) is 0 Å². The van der Waals surface area contributed by atoms with Gasteiger partial charge in [-0.1, -0.05) is 6.92 Å². The number of likely N-dealkylation sites (tertiary alicyclic amines) is 1. The van der Waals surface area contributed by atoms with Crippen LogP contribution in [-0.4, -0.2) is 49.9 Å². The molecule has 1 heterocycles. The first kappa shape index (κ1) is 16.4. The van der Waals surface area contributed by atoms with E-state index in [4.69, 9.17) is 5.11 Å². The van der Waals surface area contributed by atoms with Crippen LogP contribution in [0.2, 0.25) is 0 Å². The molecule has 8 heteroatoms. The lowest BCUT2D eigenvalue weighted by molar-refractivity contribution is -0.141. The van der Waals surface area contributed by atoms with E-state index in [0.29, 0.717) is 18.5 Å². The van der Waals surface area contributed by atoms with Gasteiger partial charge in [-0.3, -0.25) is 9.59 Å². The standard InChI is InChI=1S/C14H18N2O5S/c1-2-15-22(20,21)12-5-3-10(4-6-12)13(17)16-8-7-11(9-16)14(18)19/h3-6,11,15H,2,7-9H2,1H3,(H,18,19). The van der Waals surface area contributed by atoms with E-state index in [1.165, 1.54) is 29.2 Å². The number of nitrogens with one attached hydrogen (secondary N) is 1. The molecule has 0 aliphatic carbocycles. The molecule has 7 nitrogen and oxygen atoms in total. The summed E-state index contributed by atoms with van der Waals surface area (Å²) in [7, 11) is -3.54. The Kier molecular flexibility index (Phi) is 4.82. The molecule has 1 atom stereocenters. The summed E-state index contributed by atoms with van der Waals surface area (Å²) in [4.78, 5) is 24.8. The average molecular weight is 326 g/mol. The molecule has 1 aliphatic rings. The molecule has 0 aromatic heterocycles. The Hall–Kier alpha value is -1.93. The van der Waals surface area contributed by atoms with E-state index in [9.17, 15) is 18.0 Å². The topological polar surface area (TPSA) is 104 Å². The van der Waals surface area contributed by atoms with Gasteiger partial charge in [0, 0.05) is 25.2 Å². The Labute approximate surface area is 129 Å². The second-order valence-corrected chi connectivity index (χ2v) is 6.87. The zero-order valence-corrected chi connectivity index (χ0v) is 13.0. The number of rotatable bonds is 5. The largest absolute Gasteiger partial charge is 0.481 e. The molecule has 0 bridgehead atoms. The van der Waals surface area contributed by atoms with E-state index >= 15 is 0 Å². The highest BCUT2D eigenvalue weighted by Gasteiger charge is 2.31. The number of carbonyl (C=O) groups is 2. The predicted octanol–water partition coefficient (Wildman–Crippen LogP) is 0.531. The van der Waals surface area contributed by atoms with Crippen LogP contribution in [0.1, 0.15) is 23.7 Å². The van der Waals surface area contributed by atoms with Gasteiger partial charge in [0.2, 0.25) is 10.0 Å². The molecule has 1 unspecified atom stereocenters. The van der Waals surface area contributed by atoms with Gasteiger partial charge in [-0.25, -0.2) is 13.1 Å². The first-order valence-corrected chi connectivity index (χ1v) is 8.45. The van der Waals surface area contributed by atoms with Gasteiger partial charge < -0.3 is 10.0 Å². The van der Waals surface area contributed by atoms with Crippen molar-refractivity contribution in [3.8, 4) is 0 Å². The average Bonchev–Trinajstić information content (AvgIpc) is 2.96. The number of hydrogen-bond acceptors (Lipinski definition) is 4. The van der Waals surface area contributed by atoms with E-state index in [0.717, 1.165) is 0 Å². The summed E-state index contributed by atoms with van der Waals surface area (Å²) in [6.07, 6.45) is 0.438. The summed E-state index contributed by atoms with van der Waals surface area (Å²) in [5.41, 5.74) is 0.349. The number of carbonyl (C=O) groups excluding carboxylic acids is 1. The van der Waals surface area contributed by atoms with Crippen molar-refractivity contribution >= 4 is 21.9 Å². The van der Waals surface area contributed by atoms with E-state index < -0.39 is 21.9 Å². The van der Waals surface area contributed by atoms with Crippen molar-refractivity contribution in [3.05, 3.63) is 29.8 Å². The van der Waals surface area contributed by atoms with Crippen molar-refractivity contribution in [3.63, 3.8) is 0 Å². The Morgan fingerprint density at radius 1 is 1.32 bits per heavy atom. The quantitative estimate of drug-likeness (QED) is 0.821. The van der Waals surface area contributed by atoms with Gasteiger partial charge in [0.1, 0.15) is 0 Å². The van der Waals surface area contributed by atoms with Crippen molar-refractivity contribution in [1.82, 2.24) is 9.62 Å². The molecule has 1 saturated heterocycles. The van der Waals surface area contributed by atoms with Crippen molar-refractivity contribution in [1.29, 1.82) is 0 Å². The maximum absolute atomic E-state index is 12.3. The Morgan fingerprint density at radius 3 is 2.45 bits per heavy atom. The Bertz CT molecular complexity index is 669. The maximum atomic E-state index is 12.3. The lowest BCUT2D eigenvalue weighted by atomic mass is 10.1. The summed E-state index contributed by atoms with van der Waals surface area (Å²) in [6, 6.07) is 5.63. The number of carboxylic acids is 1. The zero-order chi connectivity index (χ0) is 16.3. The fourth-order valence-electron chi connectivity index (χ4n) is 2.38. The molecule has 0 spiro atoms. The second-order valence-electron chi connectivity index (χ2n) is 5.10. The van der Waals surface area contributed by atoms with Gasteiger partial charge in [-0.15, -0.1) is 0 Å². The summed E-state index contributed by atoms with van der Waals surface area (Å²) in [6.45, 7) is 2.55. The summed E-state index contributed by atoms with van der Waals surface area (Å²) >= 11 is 0. The lowest BCUT2D eigenvalue weighted by Gasteiger charge is -2.16. The van der Waals surface area contributed by atoms with Crippen molar-refractivity contribution in [2.24, 2.45) is 5.92 Å². The predicted molar refractivity (Wildman–Crippen MR) is 79.0 cm³/mol. The van der Waals surface area contributed by atoms with Gasteiger partial charge in [-0.05, 0) is 30.7 Å². The van der Waals surface area contributed by atoms with Crippen LogP contribution >= 0.6 is 0 Å². The van der Waals surface area contributed by atoms with Gasteiger partial charge >= 0.3 is 5.97 Å². The fourth-order valence-corrected chi connectivity index (χ4v) is 3.42. The normalized spacial score (nSPS) is 18.4. The molecule has 0 radical (unpaired) electrons. The summed E-state index contributed by atoms with van der Waals surface area (Å²) < 4.78 is 26.0. The third-order valence-electron chi connectivity index (χ3n) is 3.57. The number of carboxylic acid groups (broad SMARTS) is 1. The third kappa shape index (κ3) is 3.45.